The average Bonchev–Trinajstić information content (AvgIpc) is 2.81. The van der Waals surface area contributed by atoms with Crippen LogP contribution in [-0.2, 0) is 18.3 Å². The molecule has 0 unspecified atom stereocenters. The molecule has 18 heavy (non-hydrogen) atoms. The lowest BCUT2D eigenvalue weighted by Gasteiger charge is -2.26. The van der Waals surface area contributed by atoms with Gasteiger partial charge in [0, 0.05) is 33.0 Å². The minimum absolute atomic E-state index is 0.311. The second-order valence-electron chi connectivity index (χ2n) is 4.87. The molecular formula is C12H21N5O. The number of likely N-dealkylation sites (tertiary alicyclic amines) is 1. The van der Waals surface area contributed by atoms with Crippen molar-refractivity contribution in [3.8, 4) is 0 Å². The molecule has 1 aromatic rings. The van der Waals surface area contributed by atoms with Crippen LogP contribution in [0, 0.1) is 0 Å². The molecule has 0 radical (unpaired) electrons. The SMILES string of the molecule is Cn1nnnc1CCCCC(=O)N1CCCCC1. The van der Waals surface area contributed by atoms with Crippen LogP contribution in [0.4, 0.5) is 0 Å². The summed E-state index contributed by atoms with van der Waals surface area (Å²) in [5.74, 6) is 1.20. The highest BCUT2D eigenvalue weighted by atomic mass is 16.2. The van der Waals surface area contributed by atoms with Crippen LogP contribution < -0.4 is 0 Å². The van der Waals surface area contributed by atoms with Crippen LogP contribution in [0.1, 0.15) is 44.3 Å². The molecule has 6 heteroatoms. The fourth-order valence-corrected chi connectivity index (χ4v) is 2.32. The third-order valence-corrected chi connectivity index (χ3v) is 3.46. The molecule has 0 atom stereocenters. The number of unbranched alkanes of at least 4 members (excludes halogenated alkanes) is 1. The maximum Gasteiger partial charge on any atom is 0.222 e. The lowest BCUT2D eigenvalue weighted by atomic mass is 10.1. The van der Waals surface area contributed by atoms with E-state index in [0.29, 0.717) is 12.3 Å². The van der Waals surface area contributed by atoms with E-state index in [1.54, 1.807) is 4.68 Å². The van der Waals surface area contributed by atoms with E-state index in [-0.39, 0.29) is 0 Å². The zero-order chi connectivity index (χ0) is 12.8. The Morgan fingerprint density at radius 1 is 1.22 bits per heavy atom. The molecule has 1 saturated heterocycles. The van der Waals surface area contributed by atoms with Crippen molar-refractivity contribution in [3.63, 3.8) is 0 Å². The Morgan fingerprint density at radius 3 is 2.67 bits per heavy atom. The maximum atomic E-state index is 11.9. The van der Waals surface area contributed by atoms with Crippen molar-refractivity contribution >= 4 is 5.91 Å². The summed E-state index contributed by atoms with van der Waals surface area (Å²) in [6, 6.07) is 0. The number of tetrazole rings is 1. The quantitative estimate of drug-likeness (QED) is 0.730. The number of hydrogen-bond donors (Lipinski definition) is 0. The summed E-state index contributed by atoms with van der Waals surface area (Å²) in [6.07, 6.45) is 6.98. The first-order chi connectivity index (χ1) is 8.77. The first-order valence-electron chi connectivity index (χ1n) is 6.76. The van der Waals surface area contributed by atoms with Gasteiger partial charge >= 0.3 is 0 Å². The molecule has 0 bridgehead atoms. The summed E-state index contributed by atoms with van der Waals surface area (Å²) >= 11 is 0. The van der Waals surface area contributed by atoms with Crippen LogP contribution in [0.25, 0.3) is 0 Å². The summed E-state index contributed by atoms with van der Waals surface area (Å²) in [7, 11) is 1.84. The molecule has 1 aliphatic rings. The molecule has 0 saturated carbocycles. The molecule has 1 amide bonds. The van der Waals surface area contributed by atoms with Gasteiger partial charge in [0.15, 0.2) is 5.82 Å². The number of hydrogen-bond acceptors (Lipinski definition) is 4. The van der Waals surface area contributed by atoms with Crippen molar-refractivity contribution in [2.75, 3.05) is 13.1 Å². The number of carbonyl (C=O) groups is 1. The number of amides is 1. The Morgan fingerprint density at radius 2 is 2.00 bits per heavy atom. The van der Waals surface area contributed by atoms with Gasteiger partial charge in [-0.05, 0) is 42.5 Å². The Balaban J connectivity index is 1.63. The third-order valence-electron chi connectivity index (χ3n) is 3.46. The molecule has 0 aliphatic carbocycles. The normalized spacial score (nSPS) is 15.9. The molecule has 100 valence electrons. The van der Waals surface area contributed by atoms with E-state index < -0.39 is 0 Å². The van der Waals surface area contributed by atoms with Gasteiger partial charge in [-0.25, -0.2) is 4.68 Å². The number of piperidine rings is 1. The Bertz CT molecular complexity index is 384. The number of aryl methyl sites for hydroxylation is 2. The van der Waals surface area contributed by atoms with Crippen LogP contribution in [-0.4, -0.2) is 44.1 Å². The van der Waals surface area contributed by atoms with Gasteiger partial charge in [-0.15, -0.1) is 5.10 Å². The van der Waals surface area contributed by atoms with E-state index in [1.807, 2.05) is 11.9 Å². The van der Waals surface area contributed by atoms with Gasteiger partial charge in [-0.3, -0.25) is 4.79 Å². The minimum atomic E-state index is 0.311. The summed E-state index contributed by atoms with van der Waals surface area (Å²) in [5, 5.41) is 11.3. The number of rotatable bonds is 5. The van der Waals surface area contributed by atoms with Crippen molar-refractivity contribution in [3.05, 3.63) is 5.82 Å². The number of nitrogens with zero attached hydrogens (tertiary/aromatic N) is 5. The van der Waals surface area contributed by atoms with Crippen LogP contribution in [0.3, 0.4) is 0 Å². The minimum Gasteiger partial charge on any atom is -0.343 e. The summed E-state index contributed by atoms with van der Waals surface area (Å²) in [5.41, 5.74) is 0. The lowest BCUT2D eigenvalue weighted by molar-refractivity contribution is -0.132. The zero-order valence-corrected chi connectivity index (χ0v) is 11.0. The van der Waals surface area contributed by atoms with Gasteiger partial charge in [0.2, 0.25) is 5.91 Å². The van der Waals surface area contributed by atoms with Gasteiger partial charge in [0.1, 0.15) is 0 Å². The first-order valence-corrected chi connectivity index (χ1v) is 6.76. The van der Waals surface area contributed by atoms with Gasteiger partial charge in [-0.2, -0.15) is 0 Å². The molecule has 1 aliphatic heterocycles. The molecular weight excluding hydrogens is 230 g/mol. The summed E-state index contributed by atoms with van der Waals surface area (Å²) in [6.45, 7) is 1.90. The highest BCUT2D eigenvalue weighted by molar-refractivity contribution is 5.76. The van der Waals surface area contributed by atoms with Crippen molar-refractivity contribution in [2.24, 2.45) is 7.05 Å². The largest absolute Gasteiger partial charge is 0.343 e. The molecule has 2 heterocycles. The fraction of sp³-hybridized carbons (Fsp3) is 0.833. The van der Waals surface area contributed by atoms with E-state index in [4.69, 9.17) is 0 Å². The average molecular weight is 251 g/mol. The number of carbonyl (C=O) groups excluding carboxylic acids is 1. The van der Waals surface area contributed by atoms with E-state index in [0.717, 1.165) is 51.0 Å². The molecule has 0 aromatic carbocycles. The topological polar surface area (TPSA) is 63.9 Å². The Kier molecular flexibility index (Phi) is 4.66. The maximum absolute atomic E-state index is 11.9. The highest BCUT2D eigenvalue weighted by Crippen LogP contribution is 2.11. The smallest absolute Gasteiger partial charge is 0.222 e. The molecule has 6 nitrogen and oxygen atoms in total. The van der Waals surface area contributed by atoms with Crippen LogP contribution in [0.15, 0.2) is 0 Å². The second kappa shape index (κ2) is 6.47. The zero-order valence-electron chi connectivity index (χ0n) is 11.0. The van der Waals surface area contributed by atoms with Crippen LogP contribution in [0.5, 0.6) is 0 Å². The third kappa shape index (κ3) is 3.51. The first kappa shape index (κ1) is 13.0. The molecule has 2 rings (SSSR count). The molecule has 0 N–H and O–H groups in total. The standard InChI is InChI=1S/C12H21N5O/c1-16-11(13-14-15-16)7-3-4-8-12(18)17-9-5-2-6-10-17/h2-10H2,1H3. The second-order valence-corrected chi connectivity index (χ2v) is 4.87. The molecule has 0 spiro atoms. The monoisotopic (exact) mass is 251 g/mol. The van der Waals surface area contributed by atoms with E-state index in [2.05, 4.69) is 15.5 Å². The summed E-state index contributed by atoms with van der Waals surface area (Å²) in [4.78, 5) is 13.9. The van der Waals surface area contributed by atoms with Crippen molar-refractivity contribution < 1.29 is 4.79 Å². The van der Waals surface area contributed by atoms with Gasteiger partial charge < -0.3 is 4.90 Å². The van der Waals surface area contributed by atoms with E-state index >= 15 is 0 Å². The fourth-order valence-electron chi connectivity index (χ4n) is 2.32. The van der Waals surface area contributed by atoms with Crippen molar-refractivity contribution in [1.29, 1.82) is 0 Å². The van der Waals surface area contributed by atoms with Crippen LogP contribution >= 0.6 is 0 Å². The van der Waals surface area contributed by atoms with Crippen molar-refractivity contribution in [2.45, 2.75) is 44.9 Å². The molecule has 1 aromatic heterocycles. The lowest BCUT2D eigenvalue weighted by Crippen LogP contribution is -2.35. The van der Waals surface area contributed by atoms with Gasteiger partial charge in [-0.1, -0.05) is 0 Å². The van der Waals surface area contributed by atoms with Gasteiger partial charge in [0.25, 0.3) is 0 Å². The highest BCUT2D eigenvalue weighted by Gasteiger charge is 2.15. The van der Waals surface area contributed by atoms with Crippen molar-refractivity contribution in [1.82, 2.24) is 25.1 Å². The van der Waals surface area contributed by atoms with Crippen LogP contribution in [0.2, 0.25) is 0 Å². The Hall–Kier alpha value is -1.46. The molecule has 1 fully saturated rings. The Labute approximate surface area is 107 Å². The summed E-state index contributed by atoms with van der Waals surface area (Å²) < 4.78 is 1.69. The van der Waals surface area contributed by atoms with E-state index in [1.165, 1.54) is 6.42 Å². The predicted octanol–water partition coefficient (Wildman–Crippen LogP) is 0.935. The number of aromatic nitrogens is 4. The predicted molar refractivity (Wildman–Crippen MR) is 66.8 cm³/mol. The van der Waals surface area contributed by atoms with Gasteiger partial charge in [0.05, 0.1) is 0 Å². The van der Waals surface area contributed by atoms with E-state index in [9.17, 15) is 4.79 Å².